The number of benzene rings is 2. The van der Waals surface area contributed by atoms with Gasteiger partial charge in [-0.1, -0.05) is 49.2 Å². The number of nitrogens with one attached hydrogen (secondary N) is 2. The van der Waals surface area contributed by atoms with Crippen molar-refractivity contribution in [2.75, 3.05) is 0 Å². The Hall–Kier alpha value is -2.04. The molecule has 2 aromatic rings. The Bertz CT molecular complexity index is 713. The fourth-order valence-electron chi connectivity index (χ4n) is 2.38. The molecule has 4 nitrogen and oxygen atoms in total. The average molecular weight is 365 g/mol. The van der Waals surface area contributed by atoms with E-state index in [1.54, 1.807) is 36.4 Å². The molecule has 2 rings (SSSR count). The van der Waals surface area contributed by atoms with E-state index in [-0.39, 0.29) is 11.8 Å². The number of rotatable bonds is 4. The number of hydrogen-bond donors (Lipinski definition) is 2. The minimum absolute atomic E-state index is 0.0543. The van der Waals surface area contributed by atoms with Crippen molar-refractivity contribution in [3.8, 4) is 0 Å². The fourth-order valence-corrected chi connectivity index (χ4v) is 2.63. The van der Waals surface area contributed by atoms with Crippen molar-refractivity contribution in [2.45, 2.75) is 19.8 Å². The topological polar surface area (TPSA) is 58.2 Å². The molecule has 6 heteroatoms. The van der Waals surface area contributed by atoms with Gasteiger partial charge in [0.05, 0.1) is 5.92 Å². The van der Waals surface area contributed by atoms with E-state index in [0.29, 0.717) is 15.6 Å². The first-order chi connectivity index (χ1) is 11.4. The van der Waals surface area contributed by atoms with Crippen LogP contribution in [0.2, 0.25) is 10.0 Å². The largest absolute Gasteiger partial charge is 0.273 e. The SMILES string of the molecule is CC(C)[C@H](C(=O)NNC(=O)c1ccc(Cl)cc1)c1ccc(Cl)cc1. The summed E-state index contributed by atoms with van der Waals surface area (Å²) in [6.45, 7) is 3.89. The Kier molecular flexibility index (Phi) is 6.23. The van der Waals surface area contributed by atoms with Crippen LogP contribution >= 0.6 is 23.2 Å². The Labute approximate surface area is 151 Å². The van der Waals surface area contributed by atoms with E-state index < -0.39 is 11.8 Å². The van der Waals surface area contributed by atoms with Gasteiger partial charge >= 0.3 is 0 Å². The van der Waals surface area contributed by atoms with Crippen LogP contribution in [0, 0.1) is 5.92 Å². The quantitative estimate of drug-likeness (QED) is 0.798. The molecular formula is C18H18Cl2N2O2. The Morgan fingerprint density at radius 2 is 1.33 bits per heavy atom. The second kappa shape index (κ2) is 8.18. The third-order valence-corrected chi connectivity index (χ3v) is 4.09. The molecule has 0 saturated carbocycles. The number of hydrogen-bond acceptors (Lipinski definition) is 2. The van der Waals surface area contributed by atoms with Crippen LogP contribution in [-0.4, -0.2) is 11.8 Å². The number of carbonyl (C=O) groups excluding carboxylic acids is 2. The lowest BCUT2D eigenvalue weighted by Gasteiger charge is -2.21. The summed E-state index contributed by atoms with van der Waals surface area (Å²) < 4.78 is 0. The summed E-state index contributed by atoms with van der Waals surface area (Å²) in [4.78, 5) is 24.5. The molecule has 0 aliphatic heterocycles. The van der Waals surface area contributed by atoms with Crippen molar-refractivity contribution >= 4 is 35.0 Å². The van der Waals surface area contributed by atoms with E-state index in [0.717, 1.165) is 5.56 Å². The fraction of sp³-hybridized carbons (Fsp3) is 0.222. The van der Waals surface area contributed by atoms with Gasteiger partial charge in [-0.05, 0) is 47.9 Å². The van der Waals surface area contributed by atoms with Gasteiger partial charge in [-0.3, -0.25) is 20.4 Å². The molecule has 2 N–H and O–H groups in total. The lowest BCUT2D eigenvalue weighted by atomic mass is 9.88. The van der Waals surface area contributed by atoms with E-state index in [2.05, 4.69) is 10.9 Å². The zero-order valence-electron chi connectivity index (χ0n) is 13.3. The van der Waals surface area contributed by atoms with Crippen molar-refractivity contribution in [3.63, 3.8) is 0 Å². The zero-order valence-corrected chi connectivity index (χ0v) is 14.9. The molecule has 0 spiro atoms. The van der Waals surface area contributed by atoms with Crippen molar-refractivity contribution in [3.05, 3.63) is 69.7 Å². The van der Waals surface area contributed by atoms with E-state index in [4.69, 9.17) is 23.2 Å². The van der Waals surface area contributed by atoms with E-state index in [1.165, 1.54) is 0 Å². The Balaban J connectivity index is 2.04. The van der Waals surface area contributed by atoms with Crippen LogP contribution in [0.1, 0.15) is 35.7 Å². The predicted molar refractivity (Wildman–Crippen MR) is 96.1 cm³/mol. The van der Waals surface area contributed by atoms with Crippen LogP contribution in [0.5, 0.6) is 0 Å². The highest BCUT2D eigenvalue weighted by Crippen LogP contribution is 2.25. The van der Waals surface area contributed by atoms with E-state index >= 15 is 0 Å². The first-order valence-corrected chi connectivity index (χ1v) is 8.25. The maximum atomic E-state index is 12.5. The smallest absolute Gasteiger partial charge is 0.269 e. The normalized spacial score (nSPS) is 11.9. The minimum atomic E-state index is -0.404. The number of amides is 2. The number of hydrazine groups is 1. The van der Waals surface area contributed by atoms with Crippen LogP contribution in [0.15, 0.2) is 48.5 Å². The summed E-state index contributed by atoms with van der Waals surface area (Å²) in [5.74, 6) is -1.03. The molecule has 24 heavy (non-hydrogen) atoms. The van der Waals surface area contributed by atoms with Crippen LogP contribution < -0.4 is 10.9 Å². The Morgan fingerprint density at radius 3 is 1.83 bits per heavy atom. The van der Waals surface area contributed by atoms with Crippen molar-refractivity contribution in [2.24, 2.45) is 5.92 Å². The van der Waals surface area contributed by atoms with Crippen LogP contribution in [0.3, 0.4) is 0 Å². The lowest BCUT2D eigenvalue weighted by Crippen LogP contribution is -2.44. The summed E-state index contributed by atoms with van der Waals surface area (Å²) in [6.07, 6.45) is 0. The molecular weight excluding hydrogens is 347 g/mol. The lowest BCUT2D eigenvalue weighted by molar-refractivity contribution is -0.124. The molecule has 0 radical (unpaired) electrons. The van der Waals surface area contributed by atoms with Crippen molar-refractivity contribution in [1.82, 2.24) is 10.9 Å². The number of halogens is 2. The second-order valence-corrected chi connectivity index (χ2v) is 6.60. The van der Waals surface area contributed by atoms with Gasteiger partial charge in [-0.15, -0.1) is 0 Å². The molecule has 2 amide bonds. The monoisotopic (exact) mass is 364 g/mol. The van der Waals surface area contributed by atoms with Crippen LogP contribution in [0.4, 0.5) is 0 Å². The molecule has 0 bridgehead atoms. The molecule has 0 heterocycles. The van der Waals surface area contributed by atoms with Crippen molar-refractivity contribution < 1.29 is 9.59 Å². The van der Waals surface area contributed by atoms with E-state index in [9.17, 15) is 9.59 Å². The first-order valence-electron chi connectivity index (χ1n) is 7.49. The minimum Gasteiger partial charge on any atom is -0.273 e. The molecule has 126 valence electrons. The molecule has 0 aliphatic rings. The van der Waals surface area contributed by atoms with Gasteiger partial charge in [-0.25, -0.2) is 0 Å². The second-order valence-electron chi connectivity index (χ2n) is 5.72. The first kappa shape index (κ1) is 18.3. The highest BCUT2D eigenvalue weighted by atomic mass is 35.5. The molecule has 1 atom stereocenters. The zero-order chi connectivity index (χ0) is 17.7. The third-order valence-electron chi connectivity index (χ3n) is 3.58. The molecule has 0 aromatic heterocycles. The van der Waals surface area contributed by atoms with Crippen LogP contribution in [-0.2, 0) is 4.79 Å². The summed E-state index contributed by atoms with van der Waals surface area (Å²) in [6, 6.07) is 13.5. The highest BCUT2D eigenvalue weighted by Gasteiger charge is 2.24. The third kappa shape index (κ3) is 4.73. The molecule has 0 aliphatic carbocycles. The van der Waals surface area contributed by atoms with E-state index in [1.807, 2.05) is 26.0 Å². The maximum Gasteiger partial charge on any atom is 0.269 e. The standard InChI is InChI=1S/C18H18Cl2N2O2/c1-11(2)16(12-3-7-14(19)8-4-12)18(24)22-21-17(23)13-5-9-15(20)10-6-13/h3-11,16H,1-2H3,(H,21,23)(H,22,24)/t16-/m0/s1. The van der Waals surface area contributed by atoms with Gasteiger partial charge in [0, 0.05) is 15.6 Å². The van der Waals surface area contributed by atoms with Gasteiger partial charge in [0.1, 0.15) is 0 Å². The molecule has 0 fully saturated rings. The van der Waals surface area contributed by atoms with Gasteiger partial charge in [0.2, 0.25) is 5.91 Å². The summed E-state index contributed by atoms with van der Waals surface area (Å²) in [5.41, 5.74) is 6.16. The summed E-state index contributed by atoms with van der Waals surface area (Å²) in [7, 11) is 0. The highest BCUT2D eigenvalue weighted by molar-refractivity contribution is 6.30. The number of carbonyl (C=O) groups is 2. The molecule has 0 unspecified atom stereocenters. The van der Waals surface area contributed by atoms with Crippen LogP contribution in [0.25, 0.3) is 0 Å². The Morgan fingerprint density at radius 1 is 0.833 bits per heavy atom. The molecule has 2 aromatic carbocycles. The van der Waals surface area contributed by atoms with Gasteiger partial charge in [0.25, 0.3) is 5.91 Å². The molecule has 0 saturated heterocycles. The average Bonchev–Trinajstić information content (AvgIpc) is 2.55. The van der Waals surface area contributed by atoms with Gasteiger partial charge in [-0.2, -0.15) is 0 Å². The summed E-state index contributed by atoms with van der Waals surface area (Å²) >= 11 is 11.7. The van der Waals surface area contributed by atoms with Gasteiger partial charge < -0.3 is 0 Å². The van der Waals surface area contributed by atoms with Crippen molar-refractivity contribution in [1.29, 1.82) is 0 Å². The maximum absolute atomic E-state index is 12.5. The summed E-state index contributed by atoms with van der Waals surface area (Å²) in [5, 5.41) is 1.15. The predicted octanol–water partition coefficient (Wildman–Crippen LogP) is 4.19. The van der Waals surface area contributed by atoms with Gasteiger partial charge in [0.15, 0.2) is 0 Å².